The van der Waals surface area contributed by atoms with Gasteiger partial charge < -0.3 is 0 Å². The monoisotopic (exact) mass is 220 g/mol. The SMILES string of the molecule is C=CCSC(CC)C(=O)c1ccccc1. The molecule has 0 N–H and O–H groups in total. The van der Waals surface area contributed by atoms with E-state index < -0.39 is 0 Å². The molecule has 1 atom stereocenters. The standard InChI is InChI=1S/C13H16OS/c1-3-10-15-12(4-2)13(14)11-8-6-5-7-9-11/h3,5-9,12H,1,4,10H2,2H3. The van der Waals surface area contributed by atoms with Gasteiger partial charge in [-0.1, -0.05) is 43.3 Å². The van der Waals surface area contributed by atoms with Crippen LogP contribution in [0.2, 0.25) is 0 Å². The van der Waals surface area contributed by atoms with Gasteiger partial charge in [0.1, 0.15) is 0 Å². The summed E-state index contributed by atoms with van der Waals surface area (Å²) in [4.78, 5) is 12.0. The minimum Gasteiger partial charge on any atom is -0.293 e. The highest BCUT2D eigenvalue weighted by molar-refractivity contribution is 8.00. The molecule has 0 aliphatic carbocycles. The van der Waals surface area contributed by atoms with E-state index in [1.807, 2.05) is 43.3 Å². The fourth-order valence-corrected chi connectivity index (χ4v) is 2.24. The van der Waals surface area contributed by atoms with Crippen LogP contribution in [0.3, 0.4) is 0 Å². The fraction of sp³-hybridized carbons (Fsp3) is 0.308. The van der Waals surface area contributed by atoms with E-state index in [0.29, 0.717) is 0 Å². The van der Waals surface area contributed by atoms with Gasteiger partial charge in [0, 0.05) is 11.3 Å². The Kier molecular flexibility index (Phi) is 5.19. The Morgan fingerprint density at radius 1 is 1.47 bits per heavy atom. The molecule has 0 saturated heterocycles. The van der Waals surface area contributed by atoms with E-state index in [-0.39, 0.29) is 11.0 Å². The van der Waals surface area contributed by atoms with E-state index in [1.165, 1.54) is 0 Å². The van der Waals surface area contributed by atoms with E-state index in [1.54, 1.807) is 11.8 Å². The summed E-state index contributed by atoms with van der Waals surface area (Å²) in [6.45, 7) is 5.71. The van der Waals surface area contributed by atoms with Crippen LogP contribution in [0.4, 0.5) is 0 Å². The zero-order valence-corrected chi connectivity index (χ0v) is 9.80. The first-order chi connectivity index (χ1) is 7.29. The third-order valence-corrected chi connectivity index (χ3v) is 3.51. The average Bonchev–Trinajstić information content (AvgIpc) is 2.31. The molecule has 0 heterocycles. The van der Waals surface area contributed by atoms with Crippen molar-refractivity contribution in [3.63, 3.8) is 0 Å². The number of benzene rings is 1. The molecule has 15 heavy (non-hydrogen) atoms. The first-order valence-corrected chi connectivity index (χ1v) is 6.16. The molecule has 1 aromatic rings. The van der Waals surface area contributed by atoms with Gasteiger partial charge in [0.05, 0.1) is 5.25 Å². The van der Waals surface area contributed by atoms with E-state index in [0.717, 1.165) is 17.7 Å². The van der Waals surface area contributed by atoms with Crippen LogP contribution in [0, 0.1) is 0 Å². The zero-order chi connectivity index (χ0) is 11.1. The second-order valence-corrected chi connectivity index (χ2v) is 4.48. The lowest BCUT2D eigenvalue weighted by Gasteiger charge is -2.11. The molecule has 1 rings (SSSR count). The van der Waals surface area contributed by atoms with Crippen LogP contribution < -0.4 is 0 Å². The van der Waals surface area contributed by atoms with E-state index in [2.05, 4.69) is 6.58 Å². The van der Waals surface area contributed by atoms with Crippen molar-refractivity contribution < 1.29 is 4.79 Å². The topological polar surface area (TPSA) is 17.1 Å². The molecule has 0 amide bonds. The summed E-state index contributed by atoms with van der Waals surface area (Å²) in [5.74, 6) is 1.06. The van der Waals surface area contributed by atoms with Gasteiger partial charge in [-0.05, 0) is 6.42 Å². The van der Waals surface area contributed by atoms with Gasteiger partial charge >= 0.3 is 0 Å². The van der Waals surface area contributed by atoms with Crippen molar-refractivity contribution in [1.29, 1.82) is 0 Å². The van der Waals surface area contributed by atoms with Gasteiger partial charge in [-0.15, -0.1) is 18.3 Å². The van der Waals surface area contributed by atoms with Gasteiger partial charge in [0.2, 0.25) is 0 Å². The predicted molar refractivity (Wildman–Crippen MR) is 67.5 cm³/mol. The number of carbonyl (C=O) groups excluding carboxylic acids is 1. The van der Waals surface area contributed by atoms with Crippen molar-refractivity contribution in [2.75, 3.05) is 5.75 Å². The van der Waals surface area contributed by atoms with Crippen LogP contribution >= 0.6 is 11.8 Å². The summed E-state index contributed by atoms with van der Waals surface area (Å²) in [5.41, 5.74) is 0.806. The quantitative estimate of drug-likeness (QED) is 0.538. The smallest absolute Gasteiger partial charge is 0.175 e. The van der Waals surface area contributed by atoms with Crippen molar-refractivity contribution in [3.05, 3.63) is 48.6 Å². The number of thioether (sulfide) groups is 1. The van der Waals surface area contributed by atoms with E-state index in [9.17, 15) is 4.79 Å². The second kappa shape index (κ2) is 6.46. The minimum atomic E-state index is 0.0606. The summed E-state index contributed by atoms with van der Waals surface area (Å²) >= 11 is 1.66. The average molecular weight is 220 g/mol. The molecule has 0 aromatic heterocycles. The van der Waals surface area contributed by atoms with Gasteiger partial charge in [0.25, 0.3) is 0 Å². The molecule has 0 aliphatic rings. The van der Waals surface area contributed by atoms with Crippen molar-refractivity contribution in [1.82, 2.24) is 0 Å². The molecule has 80 valence electrons. The van der Waals surface area contributed by atoms with Crippen LogP contribution in [0.15, 0.2) is 43.0 Å². The van der Waals surface area contributed by atoms with Crippen LogP contribution in [0.5, 0.6) is 0 Å². The van der Waals surface area contributed by atoms with E-state index in [4.69, 9.17) is 0 Å². The Hall–Kier alpha value is -1.02. The normalized spacial score (nSPS) is 12.1. The number of carbonyl (C=O) groups is 1. The van der Waals surface area contributed by atoms with Gasteiger partial charge in [0.15, 0.2) is 5.78 Å². The Bertz CT molecular complexity index is 319. The maximum Gasteiger partial charge on any atom is 0.175 e. The highest BCUT2D eigenvalue weighted by atomic mass is 32.2. The Morgan fingerprint density at radius 3 is 2.67 bits per heavy atom. The molecule has 2 heteroatoms. The molecule has 0 fully saturated rings. The number of hydrogen-bond acceptors (Lipinski definition) is 2. The van der Waals surface area contributed by atoms with Crippen LogP contribution in [-0.4, -0.2) is 16.8 Å². The molecule has 0 spiro atoms. The van der Waals surface area contributed by atoms with Gasteiger partial charge in [-0.3, -0.25) is 4.79 Å². The molecular weight excluding hydrogens is 204 g/mol. The minimum absolute atomic E-state index is 0.0606. The maximum absolute atomic E-state index is 12.0. The lowest BCUT2D eigenvalue weighted by molar-refractivity contribution is 0.0988. The molecule has 0 saturated carbocycles. The fourth-order valence-electron chi connectivity index (χ4n) is 1.35. The Morgan fingerprint density at radius 2 is 2.13 bits per heavy atom. The summed E-state index contributed by atoms with van der Waals surface area (Å²) in [7, 11) is 0. The van der Waals surface area contributed by atoms with Crippen LogP contribution in [0.1, 0.15) is 23.7 Å². The van der Waals surface area contributed by atoms with Crippen molar-refractivity contribution in [3.8, 4) is 0 Å². The highest BCUT2D eigenvalue weighted by Gasteiger charge is 2.17. The number of hydrogen-bond donors (Lipinski definition) is 0. The summed E-state index contributed by atoms with van der Waals surface area (Å²) in [6, 6.07) is 9.48. The second-order valence-electron chi connectivity index (χ2n) is 3.25. The first kappa shape index (κ1) is 12.1. The Labute approximate surface area is 95.6 Å². The molecule has 1 unspecified atom stereocenters. The zero-order valence-electron chi connectivity index (χ0n) is 8.98. The molecule has 0 bridgehead atoms. The molecule has 1 nitrogen and oxygen atoms in total. The highest BCUT2D eigenvalue weighted by Crippen LogP contribution is 2.19. The number of Topliss-reactive ketones (excluding diaryl/α,β-unsaturated/α-hetero) is 1. The van der Waals surface area contributed by atoms with Crippen molar-refractivity contribution in [2.45, 2.75) is 18.6 Å². The molecule has 1 aromatic carbocycles. The van der Waals surface area contributed by atoms with Crippen molar-refractivity contribution >= 4 is 17.5 Å². The number of rotatable bonds is 6. The number of ketones is 1. The van der Waals surface area contributed by atoms with Crippen molar-refractivity contribution in [2.24, 2.45) is 0 Å². The van der Waals surface area contributed by atoms with Gasteiger partial charge in [-0.25, -0.2) is 0 Å². The lowest BCUT2D eigenvalue weighted by atomic mass is 10.1. The van der Waals surface area contributed by atoms with Crippen LogP contribution in [-0.2, 0) is 0 Å². The molecule has 0 aliphatic heterocycles. The summed E-state index contributed by atoms with van der Waals surface area (Å²) in [6.07, 6.45) is 2.71. The lowest BCUT2D eigenvalue weighted by Crippen LogP contribution is -2.16. The third-order valence-electron chi connectivity index (χ3n) is 2.14. The third kappa shape index (κ3) is 3.56. The Balaban J connectivity index is 2.69. The summed E-state index contributed by atoms with van der Waals surface area (Å²) < 4.78 is 0. The molecule has 0 radical (unpaired) electrons. The predicted octanol–water partition coefficient (Wildman–Crippen LogP) is 3.57. The maximum atomic E-state index is 12.0. The molecular formula is C13H16OS. The van der Waals surface area contributed by atoms with Crippen LogP contribution in [0.25, 0.3) is 0 Å². The largest absolute Gasteiger partial charge is 0.293 e. The van der Waals surface area contributed by atoms with E-state index >= 15 is 0 Å². The van der Waals surface area contributed by atoms with Gasteiger partial charge in [-0.2, -0.15) is 0 Å². The summed E-state index contributed by atoms with van der Waals surface area (Å²) in [5, 5.41) is 0.0606. The first-order valence-electron chi connectivity index (χ1n) is 5.11.